The van der Waals surface area contributed by atoms with Gasteiger partial charge in [0.25, 0.3) is 5.91 Å². The summed E-state index contributed by atoms with van der Waals surface area (Å²) < 4.78 is 0. The maximum absolute atomic E-state index is 12.7. The van der Waals surface area contributed by atoms with Crippen molar-refractivity contribution in [2.24, 2.45) is 0 Å². The number of rotatable bonds is 6. The Hall–Kier alpha value is -3.16. The van der Waals surface area contributed by atoms with E-state index in [-0.39, 0.29) is 17.8 Å². The molecule has 8 heteroatoms. The first kappa shape index (κ1) is 19.2. The lowest BCUT2D eigenvalue weighted by Gasteiger charge is -2.42. The van der Waals surface area contributed by atoms with Gasteiger partial charge in [-0.3, -0.25) is 20.0 Å². The highest BCUT2D eigenvalue weighted by molar-refractivity contribution is 6.07. The second-order valence-corrected chi connectivity index (χ2v) is 7.70. The summed E-state index contributed by atoms with van der Waals surface area (Å²) in [5.74, 6) is -0.145. The number of nitrogens with one attached hydrogen (secondary N) is 2. The normalized spacial score (nSPS) is 18.3. The molecule has 0 unspecified atom stereocenters. The fraction of sp³-hybridized carbons (Fsp3) is 0.429. The van der Waals surface area contributed by atoms with Crippen LogP contribution in [0.15, 0.2) is 42.7 Å². The predicted octanol–water partition coefficient (Wildman–Crippen LogP) is 1.85. The molecular weight excluding hydrogens is 370 g/mol. The molecule has 8 nitrogen and oxygen atoms in total. The van der Waals surface area contributed by atoms with Crippen LogP contribution in [0.5, 0.6) is 0 Å². The quantitative estimate of drug-likeness (QED) is 0.729. The van der Waals surface area contributed by atoms with Gasteiger partial charge in [-0.25, -0.2) is 4.79 Å². The summed E-state index contributed by atoms with van der Waals surface area (Å²) in [6, 6.07) is 9.31. The number of piperidine rings is 1. The molecular formula is C21H25N5O3. The average molecular weight is 395 g/mol. The van der Waals surface area contributed by atoms with Crippen LogP contribution in [0.3, 0.4) is 0 Å². The highest BCUT2D eigenvalue weighted by atomic mass is 16.2. The lowest BCUT2D eigenvalue weighted by atomic mass is 9.85. The minimum Gasteiger partial charge on any atom is -0.342 e. The zero-order valence-electron chi connectivity index (χ0n) is 16.3. The van der Waals surface area contributed by atoms with Crippen LogP contribution in [0.4, 0.5) is 4.79 Å². The third-order valence-electron chi connectivity index (χ3n) is 5.94. The number of hydrogen-bond donors (Lipinski definition) is 2. The van der Waals surface area contributed by atoms with Crippen LogP contribution >= 0.6 is 0 Å². The minimum absolute atomic E-state index is 0.0997. The molecule has 2 aliphatic rings. The molecule has 1 spiro atoms. The molecule has 152 valence electrons. The van der Waals surface area contributed by atoms with Crippen molar-refractivity contribution in [2.45, 2.75) is 44.2 Å². The third-order valence-corrected chi connectivity index (χ3v) is 5.94. The Kier molecular flexibility index (Phi) is 5.33. The van der Waals surface area contributed by atoms with Crippen LogP contribution in [-0.2, 0) is 22.6 Å². The molecule has 4 rings (SSSR count). The van der Waals surface area contributed by atoms with Gasteiger partial charge in [0.05, 0.1) is 6.20 Å². The van der Waals surface area contributed by atoms with Gasteiger partial charge in [0.1, 0.15) is 5.54 Å². The molecule has 4 amide bonds. The van der Waals surface area contributed by atoms with E-state index in [2.05, 4.69) is 15.5 Å². The number of benzene rings is 1. The van der Waals surface area contributed by atoms with Gasteiger partial charge in [0.15, 0.2) is 0 Å². The number of carbonyl (C=O) groups excluding carboxylic acids is 3. The Morgan fingerprint density at radius 3 is 2.55 bits per heavy atom. The van der Waals surface area contributed by atoms with E-state index < -0.39 is 5.54 Å². The van der Waals surface area contributed by atoms with Crippen molar-refractivity contribution in [2.75, 3.05) is 13.1 Å². The highest BCUT2D eigenvalue weighted by Crippen LogP contribution is 2.34. The summed E-state index contributed by atoms with van der Waals surface area (Å²) >= 11 is 0. The number of H-pyrrole nitrogens is 1. The van der Waals surface area contributed by atoms with Crippen molar-refractivity contribution in [3.8, 4) is 0 Å². The molecule has 1 aromatic carbocycles. The van der Waals surface area contributed by atoms with Gasteiger partial charge >= 0.3 is 6.03 Å². The number of carbonyl (C=O) groups is 3. The molecule has 0 saturated carbocycles. The average Bonchev–Trinajstić information content (AvgIpc) is 3.32. The van der Waals surface area contributed by atoms with Crippen LogP contribution in [0, 0.1) is 0 Å². The monoisotopic (exact) mass is 395 g/mol. The number of hydrogen-bond acceptors (Lipinski definition) is 4. The highest BCUT2D eigenvalue weighted by Gasteiger charge is 2.54. The fourth-order valence-electron chi connectivity index (χ4n) is 4.23. The first-order chi connectivity index (χ1) is 14.1. The van der Waals surface area contributed by atoms with E-state index in [4.69, 9.17) is 0 Å². The molecule has 2 aliphatic heterocycles. The van der Waals surface area contributed by atoms with Crippen molar-refractivity contribution < 1.29 is 14.4 Å². The van der Waals surface area contributed by atoms with E-state index in [1.165, 1.54) is 0 Å². The van der Waals surface area contributed by atoms with Gasteiger partial charge in [0.2, 0.25) is 5.91 Å². The summed E-state index contributed by atoms with van der Waals surface area (Å²) in [5, 5.41) is 9.16. The van der Waals surface area contributed by atoms with E-state index in [0.717, 1.165) is 24.0 Å². The Labute approximate surface area is 169 Å². The van der Waals surface area contributed by atoms with Crippen LogP contribution in [0.1, 0.15) is 36.8 Å². The van der Waals surface area contributed by atoms with E-state index in [1.54, 1.807) is 11.1 Å². The smallest absolute Gasteiger partial charge is 0.325 e. The molecule has 3 heterocycles. The molecule has 2 N–H and O–H groups in total. The van der Waals surface area contributed by atoms with Crippen molar-refractivity contribution in [1.29, 1.82) is 0 Å². The topological polar surface area (TPSA) is 98.4 Å². The molecule has 2 aromatic rings. The SMILES string of the molecule is O=C(CCCc1cn[nH]c1)N1CCC2(CC1)C(=O)NC(=O)N2Cc1ccccc1. The molecule has 2 saturated heterocycles. The lowest BCUT2D eigenvalue weighted by Crippen LogP contribution is -2.57. The number of likely N-dealkylation sites (tertiary alicyclic amines) is 1. The van der Waals surface area contributed by atoms with Crippen LogP contribution in [0.2, 0.25) is 0 Å². The molecule has 2 fully saturated rings. The van der Waals surface area contributed by atoms with Crippen molar-refractivity contribution >= 4 is 17.8 Å². The Balaban J connectivity index is 1.36. The maximum Gasteiger partial charge on any atom is 0.325 e. The Morgan fingerprint density at radius 1 is 1.10 bits per heavy atom. The van der Waals surface area contributed by atoms with Gasteiger partial charge in [0, 0.05) is 32.3 Å². The largest absolute Gasteiger partial charge is 0.342 e. The van der Waals surface area contributed by atoms with Gasteiger partial charge in [-0.05, 0) is 36.8 Å². The standard InChI is InChI=1S/C21H25N5O3/c27-18(8-4-7-17-13-22-23-14-17)25-11-9-21(10-12-25)19(28)24-20(29)26(21)15-16-5-2-1-3-6-16/h1-3,5-6,13-14H,4,7-12,15H2,(H,22,23)(H,24,28,29). The van der Waals surface area contributed by atoms with Gasteiger partial charge in [-0.2, -0.15) is 5.10 Å². The lowest BCUT2D eigenvalue weighted by molar-refractivity contribution is -0.138. The molecule has 0 atom stereocenters. The Morgan fingerprint density at radius 2 is 1.86 bits per heavy atom. The van der Waals surface area contributed by atoms with Crippen LogP contribution < -0.4 is 5.32 Å². The zero-order chi connectivity index (χ0) is 20.3. The summed E-state index contributed by atoms with van der Waals surface area (Å²) in [4.78, 5) is 41.1. The van der Waals surface area contributed by atoms with Crippen LogP contribution in [-0.4, -0.2) is 56.5 Å². The second kappa shape index (κ2) is 8.06. The summed E-state index contributed by atoms with van der Waals surface area (Å²) in [5.41, 5.74) is 1.21. The molecule has 0 aliphatic carbocycles. The van der Waals surface area contributed by atoms with Gasteiger partial charge < -0.3 is 9.80 Å². The van der Waals surface area contributed by atoms with Crippen LogP contribution in [0.25, 0.3) is 0 Å². The van der Waals surface area contributed by atoms with E-state index >= 15 is 0 Å². The van der Waals surface area contributed by atoms with E-state index in [1.807, 2.05) is 41.4 Å². The summed E-state index contributed by atoms with van der Waals surface area (Å²) in [6.45, 7) is 1.35. The summed E-state index contributed by atoms with van der Waals surface area (Å²) in [6.07, 6.45) is 6.58. The molecule has 0 bridgehead atoms. The molecule has 29 heavy (non-hydrogen) atoms. The van der Waals surface area contributed by atoms with Crippen molar-refractivity contribution in [1.82, 2.24) is 25.3 Å². The number of aromatic amines is 1. The fourth-order valence-corrected chi connectivity index (χ4v) is 4.23. The van der Waals surface area contributed by atoms with Gasteiger partial charge in [-0.15, -0.1) is 0 Å². The maximum atomic E-state index is 12.7. The number of aromatic nitrogens is 2. The molecule has 0 radical (unpaired) electrons. The number of amides is 4. The third kappa shape index (κ3) is 3.87. The first-order valence-electron chi connectivity index (χ1n) is 10.0. The summed E-state index contributed by atoms with van der Waals surface area (Å²) in [7, 11) is 0. The Bertz CT molecular complexity index is 873. The minimum atomic E-state index is -0.861. The zero-order valence-corrected chi connectivity index (χ0v) is 16.3. The van der Waals surface area contributed by atoms with Crippen molar-refractivity contribution in [3.63, 3.8) is 0 Å². The van der Waals surface area contributed by atoms with Gasteiger partial charge in [-0.1, -0.05) is 30.3 Å². The number of urea groups is 1. The predicted molar refractivity (Wildman–Crippen MR) is 106 cm³/mol. The van der Waals surface area contributed by atoms with E-state index in [9.17, 15) is 14.4 Å². The number of nitrogens with zero attached hydrogens (tertiary/aromatic N) is 3. The number of imide groups is 1. The first-order valence-corrected chi connectivity index (χ1v) is 10.0. The number of aryl methyl sites for hydroxylation is 1. The second-order valence-electron chi connectivity index (χ2n) is 7.70. The molecule has 1 aromatic heterocycles. The van der Waals surface area contributed by atoms with Crippen molar-refractivity contribution in [3.05, 3.63) is 53.9 Å². The van der Waals surface area contributed by atoms with E-state index in [0.29, 0.717) is 38.9 Å².